The lowest BCUT2D eigenvalue weighted by Gasteiger charge is -2.27. The van der Waals surface area contributed by atoms with E-state index in [1.165, 1.54) is 24.9 Å². The molecule has 2 rings (SSSR count). The Morgan fingerprint density at radius 3 is 2.50 bits per heavy atom. The highest BCUT2D eigenvalue weighted by Crippen LogP contribution is 2.20. The van der Waals surface area contributed by atoms with E-state index in [9.17, 15) is 0 Å². The minimum atomic E-state index is 0.132. The van der Waals surface area contributed by atoms with Crippen LogP contribution in [-0.4, -0.2) is 48.1 Å². The van der Waals surface area contributed by atoms with Gasteiger partial charge in [-0.05, 0) is 44.6 Å². The van der Waals surface area contributed by atoms with Crippen LogP contribution in [0.15, 0.2) is 24.3 Å². The summed E-state index contributed by atoms with van der Waals surface area (Å²) in [4.78, 5) is 4.85. The molecule has 3 nitrogen and oxygen atoms in total. The van der Waals surface area contributed by atoms with Gasteiger partial charge in [-0.1, -0.05) is 24.3 Å². The molecule has 0 amide bonds. The number of hydrogen-bond acceptors (Lipinski definition) is 3. The number of aliphatic hydroxyl groups excluding tert-OH is 1. The van der Waals surface area contributed by atoms with Crippen molar-refractivity contribution in [3.05, 3.63) is 35.4 Å². The molecule has 1 N–H and O–H groups in total. The summed E-state index contributed by atoms with van der Waals surface area (Å²) in [5.74, 6) is 0. The fourth-order valence-corrected chi connectivity index (χ4v) is 2.72. The lowest BCUT2D eigenvalue weighted by molar-refractivity contribution is 0.201. The van der Waals surface area contributed by atoms with Gasteiger partial charge in [0.1, 0.15) is 0 Å². The van der Waals surface area contributed by atoms with E-state index in [2.05, 4.69) is 36.0 Å². The second-order valence-corrected chi connectivity index (χ2v) is 5.50. The highest BCUT2D eigenvalue weighted by molar-refractivity contribution is 5.22. The van der Waals surface area contributed by atoms with Crippen molar-refractivity contribution < 1.29 is 5.11 Å². The van der Waals surface area contributed by atoms with Crippen molar-refractivity contribution in [1.82, 2.24) is 9.80 Å². The molecule has 1 fully saturated rings. The third-order valence-corrected chi connectivity index (χ3v) is 3.67. The lowest BCUT2D eigenvalue weighted by atomic mass is 10.1. The number of likely N-dealkylation sites (tertiary alicyclic amines) is 1. The lowest BCUT2D eigenvalue weighted by Crippen LogP contribution is -2.37. The molecule has 1 unspecified atom stereocenters. The SMILES string of the molecule is CN(C)CC1CCCN1Cc1ccc(CO)cc1. The summed E-state index contributed by atoms with van der Waals surface area (Å²) in [6.07, 6.45) is 2.63. The average Bonchev–Trinajstić information content (AvgIpc) is 2.77. The van der Waals surface area contributed by atoms with E-state index in [0.717, 1.165) is 18.7 Å². The highest BCUT2D eigenvalue weighted by Gasteiger charge is 2.24. The molecular weight excluding hydrogens is 224 g/mol. The molecule has 0 bridgehead atoms. The maximum absolute atomic E-state index is 9.04. The normalized spacial score (nSPS) is 20.8. The van der Waals surface area contributed by atoms with Crippen LogP contribution in [0.4, 0.5) is 0 Å². The Bertz CT molecular complexity index is 361. The molecule has 0 spiro atoms. The van der Waals surface area contributed by atoms with Crippen LogP contribution in [0.3, 0.4) is 0 Å². The van der Waals surface area contributed by atoms with E-state index in [-0.39, 0.29) is 6.61 Å². The maximum Gasteiger partial charge on any atom is 0.0681 e. The smallest absolute Gasteiger partial charge is 0.0681 e. The third kappa shape index (κ3) is 3.55. The zero-order valence-electron chi connectivity index (χ0n) is 11.5. The summed E-state index contributed by atoms with van der Waals surface area (Å²) in [7, 11) is 4.29. The predicted octanol–water partition coefficient (Wildman–Crippen LogP) is 1.70. The minimum absolute atomic E-state index is 0.132. The molecule has 1 aliphatic rings. The fourth-order valence-electron chi connectivity index (χ4n) is 2.72. The van der Waals surface area contributed by atoms with E-state index >= 15 is 0 Å². The van der Waals surface area contributed by atoms with Crippen molar-refractivity contribution in [2.75, 3.05) is 27.2 Å². The summed E-state index contributed by atoms with van der Waals surface area (Å²) in [6, 6.07) is 9.00. The first-order valence-electron chi connectivity index (χ1n) is 6.76. The van der Waals surface area contributed by atoms with E-state index < -0.39 is 0 Å². The second kappa shape index (κ2) is 6.32. The Balaban J connectivity index is 1.94. The van der Waals surface area contributed by atoms with Crippen molar-refractivity contribution in [2.45, 2.75) is 32.0 Å². The van der Waals surface area contributed by atoms with Crippen LogP contribution in [0.5, 0.6) is 0 Å². The predicted molar refractivity (Wildman–Crippen MR) is 74.4 cm³/mol. The standard InChI is InChI=1S/C15H24N2O/c1-16(2)11-15-4-3-9-17(15)10-13-5-7-14(12-18)8-6-13/h5-8,15,18H,3-4,9-12H2,1-2H3. The zero-order valence-corrected chi connectivity index (χ0v) is 11.5. The molecule has 1 aliphatic heterocycles. The van der Waals surface area contributed by atoms with Crippen LogP contribution in [0.25, 0.3) is 0 Å². The van der Waals surface area contributed by atoms with E-state index in [0.29, 0.717) is 6.04 Å². The van der Waals surface area contributed by atoms with Gasteiger partial charge in [0.15, 0.2) is 0 Å². The van der Waals surface area contributed by atoms with E-state index in [1.807, 2.05) is 12.1 Å². The number of nitrogens with zero attached hydrogens (tertiary/aromatic N) is 2. The molecule has 0 aliphatic carbocycles. The number of hydrogen-bond donors (Lipinski definition) is 1. The molecule has 0 saturated carbocycles. The number of likely N-dealkylation sites (N-methyl/N-ethyl adjacent to an activating group) is 1. The van der Waals surface area contributed by atoms with Crippen molar-refractivity contribution >= 4 is 0 Å². The Morgan fingerprint density at radius 2 is 1.89 bits per heavy atom. The molecule has 100 valence electrons. The van der Waals surface area contributed by atoms with Gasteiger partial charge in [-0.3, -0.25) is 4.90 Å². The second-order valence-electron chi connectivity index (χ2n) is 5.50. The highest BCUT2D eigenvalue weighted by atomic mass is 16.3. The molecular formula is C15H24N2O. The van der Waals surface area contributed by atoms with Crippen molar-refractivity contribution in [1.29, 1.82) is 0 Å². The van der Waals surface area contributed by atoms with E-state index in [4.69, 9.17) is 5.11 Å². The van der Waals surface area contributed by atoms with Gasteiger partial charge >= 0.3 is 0 Å². The molecule has 18 heavy (non-hydrogen) atoms. The van der Waals surface area contributed by atoms with Gasteiger partial charge in [-0.2, -0.15) is 0 Å². The van der Waals surface area contributed by atoms with Crippen LogP contribution in [0.1, 0.15) is 24.0 Å². The van der Waals surface area contributed by atoms with Gasteiger partial charge in [0.05, 0.1) is 6.61 Å². The van der Waals surface area contributed by atoms with Crippen LogP contribution < -0.4 is 0 Å². The van der Waals surface area contributed by atoms with Crippen LogP contribution >= 0.6 is 0 Å². The molecule has 1 aromatic rings. The molecule has 1 saturated heterocycles. The van der Waals surface area contributed by atoms with Gasteiger partial charge in [-0.15, -0.1) is 0 Å². The quantitative estimate of drug-likeness (QED) is 0.859. The molecule has 1 heterocycles. The van der Waals surface area contributed by atoms with Crippen molar-refractivity contribution in [3.63, 3.8) is 0 Å². The van der Waals surface area contributed by atoms with Gasteiger partial charge in [0, 0.05) is 19.1 Å². The molecule has 1 aromatic carbocycles. The first-order valence-corrected chi connectivity index (χ1v) is 6.76. The van der Waals surface area contributed by atoms with Crippen LogP contribution in [0.2, 0.25) is 0 Å². The fraction of sp³-hybridized carbons (Fsp3) is 0.600. The molecule has 0 aromatic heterocycles. The van der Waals surface area contributed by atoms with Crippen LogP contribution in [-0.2, 0) is 13.2 Å². The van der Waals surface area contributed by atoms with Crippen molar-refractivity contribution in [2.24, 2.45) is 0 Å². The van der Waals surface area contributed by atoms with Gasteiger partial charge in [-0.25, -0.2) is 0 Å². The largest absolute Gasteiger partial charge is 0.392 e. The average molecular weight is 248 g/mol. The Morgan fingerprint density at radius 1 is 1.22 bits per heavy atom. The number of benzene rings is 1. The van der Waals surface area contributed by atoms with E-state index in [1.54, 1.807) is 0 Å². The maximum atomic E-state index is 9.04. The minimum Gasteiger partial charge on any atom is -0.392 e. The van der Waals surface area contributed by atoms with Gasteiger partial charge in [0.25, 0.3) is 0 Å². The summed E-state index contributed by atoms with van der Waals surface area (Å²) in [5.41, 5.74) is 2.34. The first-order chi connectivity index (χ1) is 8.69. The molecule has 3 heteroatoms. The summed E-state index contributed by atoms with van der Waals surface area (Å²) < 4.78 is 0. The van der Waals surface area contributed by atoms with Crippen LogP contribution in [0, 0.1) is 0 Å². The van der Waals surface area contributed by atoms with Gasteiger partial charge < -0.3 is 10.0 Å². The first kappa shape index (κ1) is 13.5. The van der Waals surface area contributed by atoms with Crippen molar-refractivity contribution in [3.8, 4) is 0 Å². The summed E-state index contributed by atoms with van der Waals surface area (Å²) >= 11 is 0. The Hall–Kier alpha value is -0.900. The topological polar surface area (TPSA) is 26.7 Å². The molecule has 0 radical (unpaired) electrons. The Kier molecular flexibility index (Phi) is 4.75. The Labute approximate surface area is 110 Å². The zero-order chi connectivity index (χ0) is 13.0. The number of rotatable bonds is 5. The molecule has 1 atom stereocenters. The number of aliphatic hydroxyl groups is 1. The summed E-state index contributed by atoms with van der Waals surface area (Å²) in [6.45, 7) is 3.52. The third-order valence-electron chi connectivity index (χ3n) is 3.67. The van der Waals surface area contributed by atoms with Gasteiger partial charge in [0.2, 0.25) is 0 Å². The summed E-state index contributed by atoms with van der Waals surface area (Å²) in [5, 5.41) is 9.04. The monoisotopic (exact) mass is 248 g/mol.